The average Bonchev–Trinajstić information content (AvgIpc) is 2.90. The number of halogens is 6. The molecule has 38 heavy (non-hydrogen) atoms. The fourth-order valence-corrected chi connectivity index (χ4v) is 6.32. The molecule has 0 N–H and O–H groups in total. The summed E-state index contributed by atoms with van der Waals surface area (Å²) >= 11 is 0. The zero-order valence-corrected chi connectivity index (χ0v) is 21.7. The summed E-state index contributed by atoms with van der Waals surface area (Å²) < 4.78 is 90.1. The summed E-state index contributed by atoms with van der Waals surface area (Å²) in [6, 6.07) is 6.63. The van der Waals surface area contributed by atoms with Crippen molar-refractivity contribution < 1.29 is 35.8 Å². The summed E-state index contributed by atoms with van der Waals surface area (Å²) in [7, 11) is 0. The molecule has 2 aromatic rings. The summed E-state index contributed by atoms with van der Waals surface area (Å²) in [6.45, 7) is -1.21. The molecule has 210 valence electrons. The predicted molar refractivity (Wildman–Crippen MR) is 134 cm³/mol. The topological polar surface area (TPSA) is 18.5 Å². The van der Waals surface area contributed by atoms with Gasteiger partial charge in [-0.05, 0) is 79.9 Å². The molecule has 0 unspecified atom stereocenters. The second-order valence-electron chi connectivity index (χ2n) is 10.9. The summed E-state index contributed by atoms with van der Waals surface area (Å²) in [6.07, 6.45) is 9.89. The first-order valence-corrected chi connectivity index (χ1v) is 13.8. The van der Waals surface area contributed by atoms with Crippen molar-refractivity contribution in [1.29, 1.82) is 0 Å². The zero-order valence-electron chi connectivity index (χ0n) is 21.7. The Labute approximate surface area is 220 Å². The normalized spacial score (nSPS) is 24.4. The van der Waals surface area contributed by atoms with Gasteiger partial charge in [-0.25, -0.2) is 8.78 Å². The van der Waals surface area contributed by atoms with Gasteiger partial charge in [-0.2, -0.15) is 17.6 Å². The van der Waals surface area contributed by atoms with Crippen LogP contribution in [0.1, 0.15) is 94.6 Å². The second-order valence-corrected chi connectivity index (χ2v) is 10.9. The van der Waals surface area contributed by atoms with Gasteiger partial charge in [-0.15, -0.1) is 0 Å². The maximum absolute atomic E-state index is 14.7. The van der Waals surface area contributed by atoms with Crippen LogP contribution in [0.25, 0.3) is 0 Å². The van der Waals surface area contributed by atoms with Gasteiger partial charge in [0.2, 0.25) is 0 Å². The molecule has 0 atom stereocenters. The van der Waals surface area contributed by atoms with Gasteiger partial charge in [0.1, 0.15) is 5.75 Å². The number of hydrogen-bond acceptors (Lipinski definition) is 2. The Kier molecular flexibility index (Phi) is 9.53. The lowest BCUT2D eigenvalue weighted by Crippen LogP contribution is -2.25. The van der Waals surface area contributed by atoms with Crippen LogP contribution in [0.5, 0.6) is 11.5 Å². The number of rotatable bonds is 10. The van der Waals surface area contributed by atoms with Crippen LogP contribution in [0.3, 0.4) is 0 Å². The molecule has 2 aliphatic rings. The highest BCUT2D eigenvalue weighted by Crippen LogP contribution is 2.45. The molecule has 0 amide bonds. The average molecular weight is 543 g/mol. The van der Waals surface area contributed by atoms with E-state index in [1.807, 2.05) is 0 Å². The maximum Gasteiger partial charge on any atom is 0.426 e. The van der Waals surface area contributed by atoms with Crippen molar-refractivity contribution in [3.05, 3.63) is 59.2 Å². The van der Waals surface area contributed by atoms with Gasteiger partial charge in [0, 0.05) is 12.1 Å². The lowest BCUT2D eigenvalue weighted by molar-refractivity contribution is -0.185. The van der Waals surface area contributed by atoms with Gasteiger partial charge in [0.05, 0.1) is 5.56 Å². The molecule has 0 heterocycles. The van der Waals surface area contributed by atoms with Crippen molar-refractivity contribution in [2.45, 2.75) is 96.2 Å². The minimum atomic E-state index is -3.88. The van der Waals surface area contributed by atoms with Crippen molar-refractivity contribution >= 4 is 0 Å². The summed E-state index contributed by atoms with van der Waals surface area (Å²) in [5, 5.41) is 0. The molecular formula is C30H36F6O2. The second kappa shape index (κ2) is 12.6. The Morgan fingerprint density at radius 2 is 1.39 bits per heavy atom. The Morgan fingerprint density at radius 3 is 1.92 bits per heavy atom. The monoisotopic (exact) mass is 542 g/mol. The van der Waals surface area contributed by atoms with Crippen LogP contribution in [0.15, 0.2) is 36.4 Å². The van der Waals surface area contributed by atoms with Gasteiger partial charge in [-0.3, -0.25) is 0 Å². The molecule has 2 nitrogen and oxygen atoms in total. The molecule has 0 aromatic heterocycles. The molecule has 2 aliphatic carbocycles. The Morgan fingerprint density at radius 1 is 0.842 bits per heavy atom. The zero-order chi connectivity index (χ0) is 27.3. The highest BCUT2D eigenvalue weighted by atomic mass is 19.3. The van der Waals surface area contributed by atoms with E-state index >= 15 is 0 Å². The largest absolute Gasteiger partial charge is 0.429 e. The third kappa shape index (κ3) is 7.17. The molecule has 0 saturated heterocycles. The number of unbranched alkanes of at least 4 members (excludes halogenated alkanes) is 1. The molecule has 2 aromatic carbocycles. The molecule has 0 spiro atoms. The first kappa shape index (κ1) is 28.6. The van der Waals surface area contributed by atoms with Crippen LogP contribution >= 0.6 is 0 Å². The molecule has 4 rings (SSSR count). The predicted octanol–water partition coefficient (Wildman–Crippen LogP) is 9.96. The molecule has 0 aliphatic heterocycles. The van der Waals surface area contributed by atoms with Crippen LogP contribution in [0.4, 0.5) is 26.3 Å². The van der Waals surface area contributed by atoms with Crippen LogP contribution < -0.4 is 9.47 Å². The van der Waals surface area contributed by atoms with E-state index in [2.05, 4.69) is 16.4 Å². The summed E-state index contributed by atoms with van der Waals surface area (Å²) in [5.41, 5.74) is 0.528. The Balaban J connectivity index is 1.31. The standard InChI is InChI=1S/C30H36F6O2/c1-2-3-4-19-5-7-20(8-6-19)21-9-11-22(12-10-21)23-13-15-24(16-14-23)30(35,36)38-25-17-26(31)28(27(32)18-25)37-29(33)34/h13-22,29H,2-12H2,1H3/t19-,20-,21-,22-. The minimum absolute atomic E-state index is 0.321. The van der Waals surface area contributed by atoms with Crippen molar-refractivity contribution in [2.75, 3.05) is 0 Å². The lowest BCUT2D eigenvalue weighted by atomic mass is 9.68. The van der Waals surface area contributed by atoms with E-state index in [1.165, 1.54) is 69.9 Å². The smallest absolute Gasteiger partial charge is 0.426 e. The summed E-state index contributed by atoms with van der Waals surface area (Å²) in [4.78, 5) is 0. The molecule has 2 fully saturated rings. The van der Waals surface area contributed by atoms with E-state index in [0.29, 0.717) is 18.1 Å². The highest BCUT2D eigenvalue weighted by molar-refractivity contribution is 5.36. The van der Waals surface area contributed by atoms with Crippen molar-refractivity contribution in [2.24, 2.45) is 17.8 Å². The van der Waals surface area contributed by atoms with Gasteiger partial charge >= 0.3 is 12.7 Å². The van der Waals surface area contributed by atoms with E-state index in [-0.39, 0.29) is 0 Å². The van der Waals surface area contributed by atoms with E-state index in [0.717, 1.165) is 36.2 Å². The Bertz CT molecular complexity index is 1000. The number of alkyl halides is 4. The van der Waals surface area contributed by atoms with Crippen molar-refractivity contribution in [1.82, 2.24) is 0 Å². The minimum Gasteiger partial charge on any atom is -0.429 e. The fraction of sp³-hybridized carbons (Fsp3) is 0.600. The molecular weight excluding hydrogens is 506 g/mol. The van der Waals surface area contributed by atoms with Crippen molar-refractivity contribution in [3.8, 4) is 11.5 Å². The van der Waals surface area contributed by atoms with Gasteiger partial charge in [0.25, 0.3) is 0 Å². The van der Waals surface area contributed by atoms with E-state index in [4.69, 9.17) is 0 Å². The van der Waals surface area contributed by atoms with E-state index in [9.17, 15) is 26.3 Å². The van der Waals surface area contributed by atoms with Crippen molar-refractivity contribution in [3.63, 3.8) is 0 Å². The van der Waals surface area contributed by atoms with Crippen LogP contribution in [-0.2, 0) is 6.11 Å². The van der Waals surface area contributed by atoms with Crippen LogP contribution in [-0.4, -0.2) is 6.61 Å². The maximum atomic E-state index is 14.7. The third-order valence-electron chi connectivity index (χ3n) is 8.44. The van der Waals surface area contributed by atoms with Crippen LogP contribution in [0, 0.1) is 29.4 Å². The highest BCUT2D eigenvalue weighted by Gasteiger charge is 2.36. The SMILES string of the molecule is CCCC[C@H]1CC[C@H]([C@H]2CC[C@H](c3ccc(C(F)(F)Oc4cc(F)c(OC(F)F)c(F)c4)cc3)CC2)CC1. The van der Waals surface area contributed by atoms with Crippen LogP contribution in [0.2, 0.25) is 0 Å². The molecule has 8 heteroatoms. The first-order chi connectivity index (χ1) is 18.2. The first-order valence-electron chi connectivity index (χ1n) is 13.8. The van der Waals surface area contributed by atoms with Gasteiger partial charge in [0.15, 0.2) is 17.4 Å². The third-order valence-corrected chi connectivity index (χ3v) is 8.44. The molecule has 0 bridgehead atoms. The quantitative estimate of drug-likeness (QED) is 0.278. The Hall–Kier alpha value is -2.38. The number of ether oxygens (including phenoxy) is 2. The van der Waals surface area contributed by atoms with Gasteiger partial charge in [-0.1, -0.05) is 51.2 Å². The lowest BCUT2D eigenvalue weighted by Gasteiger charge is -2.38. The van der Waals surface area contributed by atoms with E-state index < -0.39 is 41.4 Å². The molecule has 0 radical (unpaired) electrons. The fourth-order valence-electron chi connectivity index (χ4n) is 6.32. The van der Waals surface area contributed by atoms with Gasteiger partial charge < -0.3 is 9.47 Å². The van der Waals surface area contributed by atoms with E-state index in [1.54, 1.807) is 12.1 Å². The molecule has 2 saturated carbocycles. The summed E-state index contributed by atoms with van der Waals surface area (Å²) in [5.74, 6) is -2.52. The number of benzene rings is 2. The number of hydrogen-bond donors (Lipinski definition) is 0.